The largest absolute Gasteiger partial charge is 0.464 e. The number of carbonyl (C=O) groups is 2. The van der Waals surface area contributed by atoms with Crippen molar-refractivity contribution in [2.75, 3.05) is 18.1 Å². The summed E-state index contributed by atoms with van der Waals surface area (Å²) in [5.41, 5.74) is 1.12. The first kappa shape index (κ1) is 15.9. The molecule has 1 aromatic rings. The molecule has 1 atom stereocenters. The summed E-state index contributed by atoms with van der Waals surface area (Å²) >= 11 is 0. The summed E-state index contributed by atoms with van der Waals surface area (Å²) in [6.45, 7) is 2.48. The number of aryl methyl sites for hydroxylation is 1. The molecular formula is C15H18N2O5S. The van der Waals surface area contributed by atoms with E-state index in [0.29, 0.717) is 30.6 Å². The van der Waals surface area contributed by atoms with Crippen LogP contribution in [0.3, 0.4) is 0 Å². The highest BCUT2D eigenvalue weighted by atomic mass is 32.2. The number of rotatable bonds is 4. The fourth-order valence-electron chi connectivity index (χ4n) is 2.82. The van der Waals surface area contributed by atoms with Crippen molar-refractivity contribution in [2.45, 2.75) is 37.1 Å². The molecule has 1 N–H and O–H groups in total. The number of benzene rings is 1. The zero-order valence-electron chi connectivity index (χ0n) is 12.7. The van der Waals surface area contributed by atoms with Crippen LogP contribution in [0.1, 0.15) is 24.8 Å². The molecule has 7 nitrogen and oxygen atoms in total. The summed E-state index contributed by atoms with van der Waals surface area (Å²) in [4.78, 5) is 25.0. The highest BCUT2D eigenvalue weighted by Gasteiger charge is 2.32. The zero-order valence-corrected chi connectivity index (χ0v) is 13.6. The van der Waals surface area contributed by atoms with Crippen LogP contribution in [0.4, 0.5) is 5.69 Å². The molecule has 0 unspecified atom stereocenters. The van der Waals surface area contributed by atoms with E-state index in [0.717, 1.165) is 6.42 Å². The van der Waals surface area contributed by atoms with Crippen molar-refractivity contribution in [3.63, 3.8) is 0 Å². The van der Waals surface area contributed by atoms with E-state index in [1.807, 2.05) is 0 Å². The van der Waals surface area contributed by atoms with E-state index < -0.39 is 22.0 Å². The van der Waals surface area contributed by atoms with E-state index in [2.05, 4.69) is 4.72 Å². The lowest BCUT2D eigenvalue weighted by Gasteiger charge is -2.18. The van der Waals surface area contributed by atoms with Crippen molar-refractivity contribution in [3.05, 3.63) is 23.8 Å². The first-order valence-corrected chi connectivity index (χ1v) is 8.97. The maximum atomic E-state index is 12.6. The first-order valence-electron chi connectivity index (χ1n) is 7.48. The number of nitrogens with one attached hydrogen (secondary N) is 1. The topological polar surface area (TPSA) is 92.8 Å². The fraction of sp³-hybridized carbons (Fsp3) is 0.467. The molecule has 3 rings (SSSR count). The fourth-order valence-corrected chi connectivity index (χ4v) is 4.30. The zero-order chi connectivity index (χ0) is 16.6. The second-order valence-electron chi connectivity index (χ2n) is 5.73. The molecule has 0 aromatic heterocycles. The molecule has 1 amide bonds. The maximum Gasteiger partial charge on any atom is 0.324 e. The van der Waals surface area contributed by atoms with Crippen molar-refractivity contribution >= 4 is 27.6 Å². The number of hydrogen-bond acceptors (Lipinski definition) is 5. The Morgan fingerprint density at radius 1 is 1.30 bits per heavy atom. The lowest BCUT2D eigenvalue weighted by molar-refractivity contribution is -0.139. The molecule has 124 valence electrons. The summed E-state index contributed by atoms with van der Waals surface area (Å²) in [6, 6.07) is 4.04. The van der Waals surface area contributed by atoms with E-state index in [4.69, 9.17) is 4.74 Å². The predicted octanol–water partition coefficient (Wildman–Crippen LogP) is 0.716. The summed E-state index contributed by atoms with van der Waals surface area (Å²) in [7, 11) is -3.87. The average molecular weight is 338 g/mol. The molecule has 0 spiro atoms. The monoisotopic (exact) mass is 338 g/mol. The molecule has 1 aromatic carbocycles. The SMILES string of the molecule is Cc1ccc(N2CCCC2=O)cc1S(=O)(=O)N[C@@H]1CCOC1=O. The smallest absolute Gasteiger partial charge is 0.324 e. The van der Waals surface area contributed by atoms with Crippen LogP contribution < -0.4 is 9.62 Å². The van der Waals surface area contributed by atoms with Gasteiger partial charge in [0, 0.05) is 25.1 Å². The molecule has 2 saturated heterocycles. The van der Waals surface area contributed by atoms with Crippen LogP contribution in [-0.2, 0) is 24.3 Å². The van der Waals surface area contributed by atoms with Gasteiger partial charge in [0.05, 0.1) is 11.5 Å². The van der Waals surface area contributed by atoms with Crippen molar-refractivity contribution < 1.29 is 22.7 Å². The lowest BCUT2D eigenvalue weighted by Crippen LogP contribution is -2.38. The van der Waals surface area contributed by atoms with Crippen molar-refractivity contribution in [3.8, 4) is 0 Å². The third kappa shape index (κ3) is 3.09. The van der Waals surface area contributed by atoms with Gasteiger partial charge in [0.25, 0.3) is 0 Å². The number of esters is 1. The normalized spacial score (nSPS) is 21.8. The van der Waals surface area contributed by atoms with Gasteiger partial charge in [-0.1, -0.05) is 6.07 Å². The molecular weight excluding hydrogens is 320 g/mol. The molecule has 2 aliphatic rings. The number of cyclic esters (lactones) is 1. The van der Waals surface area contributed by atoms with Crippen molar-refractivity contribution in [1.29, 1.82) is 0 Å². The summed E-state index contributed by atoms with van der Waals surface area (Å²) in [5, 5.41) is 0. The van der Waals surface area contributed by atoms with Gasteiger partial charge in [-0.3, -0.25) is 9.59 Å². The second-order valence-corrected chi connectivity index (χ2v) is 7.41. The lowest BCUT2D eigenvalue weighted by atomic mass is 10.2. The molecule has 2 fully saturated rings. The van der Waals surface area contributed by atoms with Crippen LogP contribution in [0.25, 0.3) is 0 Å². The number of ether oxygens (including phenoxy) is 1. The standard InChI is InChI=1S/C15H18N2O5S/c1-10-4-5-11(17-7-2-3-14(17)18)9-13(10)23(20,21)16-12-6-8-22-15(12)19/h4-5,9,12,16H,2-3,6-8H2,1H3/t12-/m1/s1. The average Bonchev–Trinajstić information content (AvgIpc) is 3.08. The van der Waals surface area contributed by atoms with Gasteiger partial charge in [0.15, 0.2) is 0 Å². The predicted molar refractivity (Wildman–Crippen MR) is 82.5 cm³/mol. The van der Waals surface area contributed by atoms with Crippen molar-refractivity contribution in [1.82, 2.24) is 4.72 Å². The Kier molecular flexibility index (Phi) is 4.11. The summed E-state index contributed by atoms with van der Waals surface area (Å²) in [6.07, 6.45) is 1.56. The van der Waals surface area contributed by atoms with Crippen LogP contribution in [0.15, 0.2) is 23.1 Å². The summed E-state index contributed by atoms with van der Waals surface area (Å²) in [5.74, 6) is -0.568. The maximum absolute atomic E-state index is 12.6. The van der Waals surface area contributed by atoms with E-state index in [-0.39, 0.29) is 17.4 Å². The Labute approximate surface area is 134 Å². The number of nitrogens with zero attached hydrogens (tertiary/aromatic N) is 1. The van der Waals surface area contributed by atoms with Crippen molar-refractivity contribution in [2.24, 2.45) is 0 Å². The molecule has 0 bridgehead atoms. The number of sulfonamides is 1. The minimum Gasteiger partial charge on any atom is -0.464 e. The van der Waals surface area contributed by atoms with Crippen LogP contribution in [-0.4, -0.2) is 39.5 Å². The van der Waals surface area contributed by atoms with Gasteiger partial charge in [-0.05, 0) is 31.0 Å². The molecule has 2 heterocycles. The second kappa shape index (κ2) is 5.93. The Bertz CT molecular complexity index is 759. The number of anilines is 1. The van der Waals surface area contributed by atoms with Gasteiger partial charge < -0.3 is 9.64 Å². The Morgan fingerprint density at radius 3 is 2.70 bits per heavy atom. The van der Waals surface area contributed by atoms with Crippen LogP contribution in [0, 0.1) is 6.92 Å². The Balaban J connectivity index is 1.91. The minimum atomic E-state index is -3.87. The third-order valence-electron chi connectivity index (χ3n) is 4.08. The first-order chi connectivity index (χ1) is 10.9. The molecule has 0 radical (unpaired) electrons. The Hall–Kier alpha value is -1.93. The minimum absolute atomic E-state index is 0.00969. The molecule has 0 saturated carbocycles. The highest BCUT2D eigenvalue weighted by Crippen LogP contribution is 2.27. The number of amides is 1. The molecule has 0 aliphatic carbocycles. The number of hydrogen-bond donors (Lipinski definition) is 1. The third-order valence-corrected chi connectivity index (χ3v) is 5.69. The van der Waals surface area contributed by atoms with Crippen LogP contribution in [0.5, 0.6) is 0 Å². The van der Waals surface area contributed by atoms with Crippen LogP contribution >= 0.6 is 0 Å². The summed E-state index contributed by atoms with van der Waals surface area (Å²) < 4.78 is 32.3. The molecule has 23 heavy (non-hydrogen) atoms. The highest BCUT2D eigenvalue weighted by molar-refractivity contribution is 7.89. The van der Waals surface area contributed by atoms with Gasteiger partial charge in [0.2, 0.25) is 15.9 Å². The van der Waals surface area contributed by atoms with Gasteiger partial charge in [0.1, 0.15) is 6.04 Å². The van der Waals surface area contributed by atoms with E-state index >= 15 is 0 Å². The van der Waals surface area contributed by atoms with Gasteiger partial charge in [-0.2, -0.15) is 4.72 Å². The van der Waals surface area contributed by atoms with Gasteiger partial charge >= 0.3 is 5.97 Å². The van der Waals surface area contributed by atoms with Gasteiger partial charge in [-0.25, -0.2) is 8.42 Å². The van der Waals surface area contributed by atoms with Gasteiger partial charge in [-0.15, -0.1) is 0 Å². The number of carbonyl (C=O) groups excluding carboxylic acids is 2. The quantitative estimate of drug-likeness (QED) is 0.817. The molecule has 8 heteroatoms. The Morgan fingerprint density at radius 2 is 2.09 bits per heavy atom. The van der Waals surface area contributed by atoms with E-state index in [9.17, 15) is 18.0 Å². The van der Waals surface area contributed by atoms with Crippen LogP contribution in [0.2, 0.25) is 0 Å². The van der Waals surface area contributed by atoms with E-state index in [1.165, 1.54) is 6.07 Å². The van der Waals surface area contributed by atoms with E-state index in [1.54, 1.807) is 24.0 Å². The molecule has 2 aliphatic heterocycles.